The van der Waals surface area contributed by atoms with Crippen molar-refractivity contribution < 1.29 is 13.9 Å². The maximum atomic E-state index is 14.0. The first-order valence-electron chi connectivity index (χ1n) is 11.6. The minimum atomic E-state index is -0.610. The van der Waals surface area contributed by atoms with Gasteiger partial charge in [0.05, 0.1) is 24.1 Å². The van der Waals surface area contributed by atoms with Crippen molar-refractivity contribution in [3.05, 3.63) is 77.7 Å². The molecule has 1 atom stereocenters. The summed E-state index contributed by atoms with van der Waals surface area (Å²) in [6, 6.07) is 16.9. The largest absolute Gasteiger partial charge is 0.379 e. The first-order valence-corrected chi connectivity index (χ1v) is 11.6. The van der Waals surface area contributed by atoms with Crippen molar-refractivity contribution in [3.63, 3.8) is 0 Å². The summed E-state index contributed by atoms with van der Waals surface area (Å²) < 4.78 is 19.9. The predicted molar refractivity (Wildman–Crippen MR) is 123 cm³/mol. The molecule has 0 bridgehead atoms. The lowest BCUT2D eigenvalue weighted by atomic mass is 9.77. The van der Waals surface area contributed by atoms with Crippen LogP contribution >= 0.6 is 0 Å². The van der Waals surface area contributed by atoms with E-state index < -0.39 is 5.41 Å². The lowest BCUT2D eigenvalue weighted by Crippen LogP contribution is -2.47. The number of fused-ring (bicyclic) bond motifs is 1. The van der Waals surface area contributed by atoms with Gasteiger partial charge in [0, 0.05) is 30.6 Å². The van der Waals surface area contributed by atoms with Crippen molar-refractivity contribution in [1.29, 1.82) is 0 Å². The SMILES string of the molecule is O=C(N1CCOC[C@H](Cc2cnc3ccccc3c2)C1)C1(c2cccc(F)c2)CCCC1. The topological polar surface area (TPSA) is 42.4 Å². The average molecular weight is 433 g/mol. The van der Waals surface area contributed by atoms with Crippen molar-refractivity contribution in [2.75, 3.05) is 26.3 Å². The molecule has 2 heterocycles. The van der Waals surface area contributed by atoms with Crippen LogP contribution in [0.15, 0.2) is 60.8 Å². The number of hydrogen-bond acceptors (Lipinski definition) is 3. The zero-order valence-electron chi connectivity index (χ0n) is 18.3. The number of amides is 1. The Kier molecular flexibility index (Phi) is 5.92. The van der Waals surface area contributed by atoms with Gasteiger partial charge in [-0.2, -0.15) is 0 Å². The van der Waals surface area contributed by atoms with E-state index in [9.17, 15) is 9.18 Å². The highest BCUT2D eigenvalue weighted by Crippen LogP contribution is 2.43. The van der Waals surface area contributed by atoms with Gasteiger partial charge < -0.3 is 9.64 Å². The second kappa shape index (κ2) is 8.99. The summed E-state index contributed by atoms with van der Waals surface area (Å²) in [5.74, 6) is 0.0607. The molecule has 0 unspecified atom stereocenters. The normalized spacial score (nSPS) is 20.9. The first kappa shape index (κ1) is 21.1. The maximum absolute atomic E-state index is 14.0. The number of halogens is 1. The van der Waals surface area contributed by atoms with Crippen LogP contribution in [-0.4, -0.2) is 42.1 Å². The molecule has 1 aliphatic carbocycles. The molecule has 1 amide bonds. The summed E-state index contributed by atoms with van der Waals surface area (Å²) in [6.07, 6.45) is 6.31. The van der Waals surface area contributed by atoms with Crippen LogP contribution in [0.25, 0.3) is 10.9 Å². The minimum absolute atomic E-state index is 0.132. The highest BCUT2D eigenvalue weighted by Gasteiger charge is 2.45. The van der Waals surface area contributed by atoms with E-state index in [2.05, 4.69) is 17.1 Å². The molecule has 166 valence electrons. The lowest BCUT2D eigenvalue weighted by molar-refractivity contribution is -0.137. The molecule has 0 spiro atoms. The fraction of sp³-hybridized carbons (Fsp3) is 0.407. The Balaban J connectivity index is 1.37. The predicted octanol–water partition coefficient (Wildman–Crippen LogP) is 4.90. The van der Waals surface area contributed by atoms with Crippen molar-refractivity contribution >= 4 is 16.8 Å². The second-order valence-electron chi connectivity index (χ2n) is 9.23. The molecule has 1 saturated carbocycles. The quantitative estimate of drug-likeness (QED) is 0.589. The van der Waals surface area contributed by atoms with E-state index >= 15 is 0 Å². The second-order valence-corrected chi connectivity index (χ2v) is 9.23. The zero-order chi connectivity index (χ0) is 22.0. The van der Waals surface area contributed by atoms with Crippen molar-refractivity contribution in [3.8, 4) is 0 Å². The van der Waals surface area contributed by atoms with Gasteiger partial charge in [0.1, 0.15) is 5.82 Å². The smallest absolute Gasteiger partial charge is 0.233 e. The van der Waals surface area contributed by atoms with Gasteiger partial charge in [0.2, 0.25) is 5.91 Å². The third-order valence-corrected chi connectivity index (χ3v) is 7.04. The summed E-state index contributed by atoms with van der Waals surface area (Å²) in [5, 5.41) is 1.13. The lowest BCUT2D eigenvalue weighted by Gasteiger charge is -2.35. The third-order valence-electron chi connectivity index (χ3n) is 7.04. The third kappa shape index (κ3) is 4.14. The molecule has 5 heteroatoms. The molecular formula is C27H29FN2O2. The Hall–Kier alpha value is -2.79. The van der Waals surface area contributed by atoms with Crippen LogP contribution in [0.4, 0.5) is 4.39 Å². The Morgan fingerprint density at radius 1 is 1.12 bits per heavy atom. The fourth-order valence-corrected chi connectivity index (χ4v) is 5.44. The van der Waals surface area contributed by atoms with E-state index in [1.165, 1.54) is 6.07 Å². The van der Waals surface area contributed by atoms with Gasteiger partial charge in [-0.25, -0.2) is 4.39 Å². The van der Waals surface area contributed by atoms with E-state index in [4.69, 9.17) is 4.74 Å². The molecule has 2 aliphatic rings. The molecule has 1 aromatic heterocycles. The molecule has 3 aromatic rings. The molecule has 1 saturated heterocycles. The standard InChI is InChI=1S/C27H29FN2O2/c28-24-8-5-7-23(16-24)27(10-3-4-11-27)26(31)30-12-13-32-19-21(18-30)14-20-15-22-6-1-2-9-25(22)29-17-20/h1-2,5-9,15-17,21H,3-4,10-14,18-19H2/t21-/m1/s1. The molecule has 5 rings (SSSR count). The summed E-state index contributed by atoms with van der Waals surface area (Å²) in [6.45, 7) is 2.41. The van der Waals surface area contributed by atoms with Gasteiger partial charge in [-0.15, -0.1) is 0 Å². The van der Waals surface area contributed by atoms with Crippen LogP contribution in [0.1, 0.15) is 36.8 Å². The van der Waals surface area contributed by atoms with Gasteiger partial charge in [-0.3, -0.25) is 9.78 Å². The van der Waals surface area contributed by atoms with Gasteiger partial charge in [-0.1, -0.05) is 43.2 Å². The first-order chi connectivity index (χ1) is 15.6. The van der Waals surface area contributed by atoms with E-state index in [-0.39, 0.29) is 17.6 Å². The van der Waals surface area contributed by atoms with Crippen LogP contribution < -0.4 is 0 Å². The van der Waals surface area contributed by atoms with Gasteiger partial charge in [0.25, 0.3) is 0 Å². The van der Waals surface area contributed by atoms with E-state index in [0.29, 0.717) is 26.3 Å². The highest BCUT2D eigenvalue weighted by atomic mass is 19.1. The Morgan fingerprint density at radius 3 is 2.81 bits per heavy atom. The Labute approximate surface area is 188 Å². The van der Waals surface area contributed by atoms with Crippen LogP contribution in [0.5, 0.6) is 0 Å². The van der Waals surface area contributed by atoms with Crippen molar-refractivity contribution in [2.45, 2.75) is 37.5 Å². The number of hydrogen-bond donors (Lipinski definition) is 0. The van der Waals surface area contributed by atoms with Gasteiger partial charge >= 0.3 is 0 Å². The molecule has 0 radical (unpaired) electrons. The number of pyridine rings is 1. The van der Waals surface area contributed by atoms with E-state index in [1.807, 2.05) is 35.4 Å². The molecule has 32 heavy (non-hydrogen) atoms. The number of carbonyl (C=O) groups excluding carboxylic acids is 1. The minimum Gasteiger partial charge on any atom is -0.379 e. The summed E-state index contributed by atoms with van der Waals surface area (Å²) in [7, 11) is 0. The number of aromatic nitrogens is 1. The van der Waals surface area contributed by atoms with Crippen LogP contribution in [-0.2, 0) is 21.4 Å². The van der Waals surface area contributed by atoms with Crippen molar-refractivity contribution in [1.82, 2.24) is 9.88 Å². The number of ether oxygens (including phenoxy) is 1. The highest BCUT2D eigenvalue weighted by molar-refractivity contribution is 5.88. The monoisotopic (exact) mass is 432 g/mol. The number of carbonyl (C=O) groups is 1. The number of para-hydroxylation sites is 1. The molecule has 0 N–H and O–H groups in total. The average Bonchev–Trinajstić information content (AvgIpc) is 3.20. The molecular weight excluding hydrogens is 403 g/mol. The van der Waals surface area contributed by atoms with Gasteiger partial charge in [-0.05, 0) is 54.7 Å². The number of benzene rings is 2. The van der Waals surface area contributed by atoms with Crippen molar-refractivity contribution in [2.24, 2.45) is 5.92 Å². The van der Waals surface area contributed by atoms with Crippen LogP contribution in [0.2, 0.25) is 0 Å². The summed E-state index contributed by atoms with van der Waals surface area (Å²) >= 11 is 0. The molecule has 1 aliphatic heterocycles. The maximum Gasteiger partial charge on any atom is 0.233 e. The van der Waals surface area contributed by atoms with E-state index in [1.54, 1.807) is 12.1 Å². The Bertz CT molecular complexity index is 1110. The fourth-order valence-electron chi connectivity index (χ4n) is 5.44. The number of nitrogens with zero attached hydrogens (tertiary/aromatic N) is 2. The van der Waals surface area contributed by atoms with E-state index in [0.717, 1.165) is 54.1 Å². The molecule has 2 fully saturated rings. The van der Waals surface area contributed by atoms with Gasteiger partial charge in [0.15, 0.2) is 0 Å². The Morgan fingerprint density at radius 2 is 1.97 bits per heavy atom. The summed E-state index contributed by atoms with van der Waals surface area (Å²) in [5.41, 5.74) is 2.36. The molecule has 4 nitrogen and oxygen atoms in total. The van der Waals surface area contributed by atoms with Crippen LogP contribution in [0, 0.1) is 11.7 Å². The number of rotatable bonds is 4. The molecule has 2 aromatic carbocycles. The van der Waals surface area contributed by atoms with Crippen LogP contribution in [0.3, 0.4) is 0 Å². The zero-order valence-corrected chi connectivity index (χ0v) is 18.3. The summed E-state index contributed by atoms with van der Waals surface area (Å²) in [4.78, 5) is 20.5.